The van der Waals surface area contributed by atoms with Gasteiger partial charge in [-0.25, -0.2) is 0 Å². The number of likely N-dealkylation sites (tertiary alicyclic amines) is 1. The van der Waals surface area contributed by atoms with Gasteiger partial charge in [0.15, 0.2) is 0 Å². The summed E-state index contributed by atoms with van der Waals surface area (Å²) in [5.74, 6) is 1.13. The lowest BCUT2D eigenvalue weighted by atomic mass is 10.2. The van der Waals surface area contributed by atoms with Gasteiger partial charge in [-0.1, -0.05) is 16.8 Å². The van der Waals surface area contributed by atoms with Crippen molar-refractivity contribution in [2.45, 2.75) is 19.1 Å². The Bertz CT molecular complexity index is 555. The van der Waals surface area contributed by atoms with Crippen LogP contribution in [0.1, 0.15) is 12.3 Å². The van der Waals surface area contributed by atoms with Gasteiger partial charge in [-0.2, -0.15) is 4.98 Å². The maximum absolute atomic E-state index is 9.47. The summed E-state index contributed by atoms with van der Waals surface area (Å²) in [5, 5.41) is 14.1. The fourth-order valence-corrected chi connectivity index (χ4v) is 2.31. The van der Waals surface area contributed by atoms with Gasteiger partial charge >= 0.3 is 0 Å². The molecule has 2 heterocycles. The molecule has 1 aromatic heterocycles. The van der Waals surface area contributed by atoms with E-state index in [-0.39, 0.29) is 6.10 Å². The number of nitrogens with zero attached hydrogens (tertiary/aromatic N) is 3. The van der Waals surface area contributed by atoms with E-state index in [4.69, 9.17) is 16.1 Å². The molecule has 5 nitrogen and oxygen atoms in total. The first-order chi connectivity index (χ1) is 9.20. The highest BCUT2D eigenvalue weighted by Gasteiger charge is 2.22. The zero-order valence-corrected chi connectivity index (χ0v) is 11.0. The molecule has 0 spiro atoms. The Morgan fingerprint density at radius 1 is 1.37 bits per heavy atom. The van der Waals surface area contributed by atoms with Crippen LogP contribution in [0.4, 0.5) is 0 Å². The van der Waals surface area contributed by atoms with E-state index in [0.29, 0.717) is 29.8 Å². The summed E-state index contributed by atoms with van der Waals surface area (Å²) in [4.78, 5) is 6.46. The van der Waals surface area contributed by atoms with Gasteiger partial charge in [0.25, 0.3) is 0 Å². The van der Waals surface area contributed by atoms with Gasteiger partial charge in [0.05, 0.1) is 12.6 Å². The van der Waals surface area contributed by atoms with Crippen molar-refractivity contribution in [3.8, 4) is 11.4 Å². The third-order valence-corrected chi connectivity index (χ3v) is 3.43. The largest absolute Gasteiger partial charge is 0.392 e. The average Bonchev–Trinajstić information content (AvgIpc) is 3.00. The van der Waals surface area contributed by atoms with E-state index >= 15 is 0 Å². The quantitative estimate of drug-likeness (QED) is 0.930. The monoisotopic (exact) mass is 279 g/mol. The maximum atomic E-state index is 9.47. The second-order valence-electron chi connectivity index (χ2n) is 4.70. The number of aromatic nitrogens is 2. The van der Waals surface area contributed by atoms with Crippen LogP contribution in [0, 0.1) is 0 Å². The number of aliphatic hydroxyl groups excluding tert-OH is 1. The molecule has 1 aromatic carbocycles. The van der Waals surface area contributed by atoms with Crippen LogP contribution in [0.5, 0.6) is 0 Å². The van der Waals surface area contributed by atoms with Crippen LogP contribution in [0.25, 0.3) is 11.4 Å². The zero-order chi connectivity index (χ0) is 13.2. The van der Waals surface area contributed by atoms with Gasteiger partial charge in [0.1, 0.15) is 0 Å². The Balaban J connectivity index is 1.71. The van der Waals surface area contributed by atoms with E-state index in [9.17, 15) is 5.11 Å². The standard InChI is InChI=1S/C13H14ClN3O2/c14-10-3-1-9(2-4-10)13-15-12(19-16-13)8-17-6-5-11(18)7-17/h1-4,11,18H,5-8H2/t11-/m0/s1. The predicted molar refractivity (Wildman–Crippen MR) is 70.6 cm³/mol. The fraction of sp³-hybridized carbons (Fsp3) is 0.385. The second-order valence-corrected chi connectivity index (χ2v) is 5.13. The first-order valence-corrected chi connectivity index (χ1v) is 6.57. The van der Waals surface area contributed by atoms with Crippen LogP contribution in [0.2, 0.25) is 5.02 Å². The molecular weight excluding hydrogens is 266 g/mol. The van der Waals surface area contributed by atoms with E-state index in [1.807, 2.05) is 12.1 Å². The summed E-state index contributed by atoms with van der Waals surface area (Å²) in [6, 6.07) is 7.31. The van der Waals surface area contributed by atoms with Crippen LogP contribution in [0.15, 0.2) is 28.8 Å². The smallest absolute Gasteiger partial charge is 0.241 e. The van der Waals surface area contributed by atoms with Crippen molar-refractivity contribution in [2.75, 3.05) is 13.1 Å². The highest BCUT2D eigenvalue weighted by Crippen LogP contribution is 2.19. The second kappa shape index (κ2) is 5.28. The van der Waals surface area contributed by atoms with E-state index in [2.05, 4.69) is 15.0 Å². The van der Waals surface area contributed by atoms with E-state index < -0.39 is 0 Å². The molecule has 2 aromatic rings. The van der Waals surface area contributed by atoms with Crippen LogP contribution in [-0.4, -0.2) is 39.3 Å². The van der Waals surface area contributed by atoms with Gasteiger partial charge in [0.2, 0.25) is 11.7 Å². The first kappa shape index (κ1) is 12.6. The van der Waals surface area contributed by atoms with E-state index in [0.717, 1.165) is 18.5 Å². The van der Waals surface area contributed by atoms with Crippen molar-refractivity contribution >= 4 is 11.6 Å². The molecule has 3 rings (SSSR count). The van der Waals surface area contributed by atoms with Crippen molar-refractivity contribution in [3.63, 3.8) is 0 Å². The van der Waals surface area contributed by atoms with Crippen LogP contribution < -0.4 is 0 Å². The number of rotatable bonds is 3. The minimum absolute atomic E-state index is 0.237. The van der Waals surface area contributed by atoms with Crippen LogP contribution in [0.3, 0.4) is 0 Å². The maximum Gasteiger partial charge on any atom is 0.241 e. The van der Waals surface area contributed by atoms with Crippen LogP contribution >= 0.6 is 11.6 Å². The van der Waals surface area contributed by atoms with E-state index in [1.165, 1.54) is 0 Å². The number of halogens is 1. The predicted octanol–water partition coefficient (Wildman–Crippen LogP) is 1.96. The van der Waals surface area contributed by atoms with Crippen molar-refractivity contribution in [2.24, 2.45) is 0 Å². The molecule has 1 N–H and O–H groups in total. The number of hydrogen-bond donors (Lipinski definition) is 1. The molecule has 0 radical (unpaired) electrons. The Kier molecular flexibility index (Phi) is 3.50. The Labute approximate surface area is 115 Å². The molecule has 0 saturated carbocycles. The molecule has 1 atom stereocenters. The van der Waals surface area contributed by atoms with Crippen molar-refractivity contribution in [1.29, 1.82) is 0 Å². The topological polar surface area (TPSA) is 62.4 Å². The number of aliphatic hydroxyl groups is 1. The van der Waals surface area contributed by atoms with Crippen molar-refractivity contribution in [3.05, 3.63) is 35.2 Å². The zero-order valence-electron chi connectivity index (χ0n) is 10.3. The lowest BCUT2D eigenvalue weighted by Gasteiger charge is -2.10. The summed E-state index contributed by atoms with van der Waals surface area (Å²) in [6.07, 6.45) is 0.566. The minimum atomic E-state index is -0.237. The molecule has 1 fully saturated rings. The summed E-state index contributed by atoms with van der Waals surface area (Å²) >= 11 is 5.84. The normalized spacial score (nSPS) is 20.0. The van der Waals surface area contributed by atoms with Crippen LogP contribution in [-0.2, 0) is 6.54 Å². The number of hydrogen-bond acceptors (Lipinski definition) is 5. The highest BCUT2D eigenvalue weighted by atomic mass is 35.5. The summed E-state index contributed by atoms with van der Waals surface area (Å²) in [7, 11) is 0. The average molecular weight is 280 g/mol. The highest BCUT2D eigenvalue weighted by molar-refractivity contribution is 6.30. The van der Waals surface area contributed by atoms with Crippen molar-refractivity contribution < 1.29 is 9.63 Å². The first-order valence-electron chi connectivity index (χ1n) is 6.19. The van der Waals surface area contributed by atoms with Gasteiger partial charge in [-0.15, -0.1) is 0 Å². The van der Waals surface area contributed by atoms with Gasteiger partial charge < -0.3 is 9.63 Å². The number of benzene rings is 1. The number of β-amino-alcohol motifs (C(OH)–C–C–N with tert-alkyl or cyclic N) is 1. The Morgan fingerprint density at radius 2 is 2.16 bits per heavy atom. The molecule has 1 aliphatic heterocycles. The summed E-state index contributed by atoms with van der Waals surface area (Å²) in [6.45, 7) is 2.11. The lowest BCUT2D eigenvalue weighted by molar-refractivity contribution is 0.169. The molecule has 100 valence electrons. The fourth-order valence-electron chi connectivity index (χ4n) is 2.18. The summed E-state index contributed by atoms with van der Waals surface area (Å²) < 4.78 is 5.23. The summed E-state index contributed by atoms with van der Waals surface area (Å²) in [5.41, 5.74) is 0.876. The molecule has 0 unspecified atom stereocenters. The minimum Gasteiger partial charge on any atom is -0.392 e. The van der Waals surface area contributed by atoms with E-state index in [1.54, 1.807) is 12.1 Å². The Hall–Kier alpha value is -1.43. The molecule has 0 bridgehead atoms. The molecule has 0 amide bonds. The molecule has 1 aliphatic rings. The van der Waals surface area contributed by atoms with Gasteiger partial charge in [-0.05, 0) is 30.7 Å². The third kappa shape index (κ3) is 2.94. The molecule has 6 heteroatoms. The van der Waals surface area contributed by atoms with Gasteiger partial charge in [0, 0.05) is 23.7 Å². The lowest BCUT2D eigenvalue weighted by Crippen LogP contribution is -2.21. The molecular formula is C13H14ClN3O2. The molecule has 19 heavy (non-hydrogen) atoms. The van der Waals surface area contributed by atoms with Gasteiger partial charge in [-0.3, -0.25) is 4.90 Å². The SMILES string of the molecule is O[C@H]1CCN(Cc2nc(-c3ccc(Cl)cc3)no2)C1. The molecule has 1 saturated heterocycles. The molecule has 0 aliphatic carbocycles. The third-order valence-electron chi connectivity index (χ3n) is 3.18. The Morgan fingerprint density at radius 3 is 2.84 bits per heavy atom. The van der Waals surface area contributed by atoms with Crippen molar-refractivity contribution in [1.82, 2.24) is 15.0 Å².